The van der Waals surface area contributed by atoms with Gasteiger partial charge in [-0.2, -0.15) is 0 Å². The molecule has 0 aliphatic carbocycles. The highest BCUT2D eigenvalue weighted by atomic mass is 16.4. The number of aliphatic carboxylic acids is 1. The largest absolute Gasteiger partial charge is 0.480 e. The van der Waals surface area contributed by atoms with Crippen LogP contribution in [0.4, 0.5) is 4.79 Å². The predicted molar refractivity (Wildman–Crippen MR) is 60.7 cm³/mol. The Hall–Kier alpha value is -1.34. The number of nitrogens with one attached hydrogen (secondary N) is 2. The van der Waals surface area contributed by atoms with E-state index in [-0.39, 0.29) is 19.1 Å². The Bertz CT molecular complexity index is 264. The van der Waals surface area contributed by atoms with Crippen LogP contribution >= 0.6 is 0 Å². The summed E-state index contributed by atoms with van der Waals surface area (Å²) in [5, 5.41) is 23.1. The lowest BCUT2D eigenvalue weighted by atomic mass is 10.2. The number of urea groups is 1. The van der Waals surface area contributed by atoms with E-state index in [4.69, 9.17) is 10.2 Å². The Balaban J connectivity index is 2.47. The van der Waals surface area contributed by atoms with E-state index in [0.717, 1.165) is 13.0 Å². The van der Waals surface area contributed by atoms with Gasteiger partial charge in [0.1, 0.15) is 6.04 Å². The molecule has 7 heteroatoms. The van der Waals surface area contributed by atoms with Crippen molar-refractivity contribution in [2.45, 2.75) is 18.9 Å². The van der Waals surface area contributed by atoms with Gasteiger partial charge in [0.2, 0.25) is 0 Å². The lowest BCUT2D eigenvalue weighted by Crippen LogP contribution is -2.49. The number of carbonyl (C=O) groups excluding carboxylic acids is 1. The number of nitrogens with zero attached hydrogens (tertiary/aromatic N) is 1. The van der Waals surface area contributed by atoms with Crippen molar-refractivity contribution in [1.82, 2.24) is 15.5 Å². The molecule has 1 unspecified atom stereocenters. The summed E-state index contributed by atoms with van der Waals surface area (Å²) < 4.78 is 0. The normalized spacial score (nSPS) is 18.3. The Morgan fingerprint density at radius 2 is 2.12 bits per heavy atom. The summed E-state index contributed by atoms with van der Waals surface area (Å²) in [5.41, 5.74) is 0. The lowest BCUT2D eigenvalue weighted by molar-refractivity contribution is -0.139. The van der Waals surface area contributed by atoms with Gasteiger partial charge in [0.15, 0.2) is 0 Å². The van der Waals surface area contributed by atoms with Crippen LogP contribution in [0.3, 0.4) is 0 Å². The molecule has 1 aliphatic rings. The molecule has 4 N–H and O–H groups in total. The maximum Gasteiger partial charge on any atom is 0.326 e. The van der Waals surface area contributed by atoms with Crippen LogP contribution in [0.1, 0.15) is 12.8 Å². The van der Waals surface area contributed by atoms with E-state index in [2.05, 4.69) is 10.6 Å². The number of aliphatic hydroxyl groups is 1. The van der Waals surface area contributed by atoms with Gasteiger partial charge in [-0.1, -0.05) is 0 Å². The van der Waals surface area contributed by atoms with E-state index in [1.165, 1.54) is 0 Å². The number of amides is 2. The summed E-state index contributed by atoms with van der Waals surface area (Å²) in [6, 6.07) is -1.40. The number of carboxylic acids is 1. The van der Waals surface area contributed by atoms with E-state index in [0.29, 0.717) is 19.6 Å². The van der Waals surface area contributed by atoms with Gasteiger partial charge in [-0.25, -0.2) is 9.59 Å². The number of hydrogen-bond acceptors (Lipinski definition) is 4. The van der Waals surface area contributed by atoms with Crippen LogP contribution < -0.4 is 10.6 Å². The first-order chi connectivity index (χ1) is 8.15. The third-order valence-electron chi connectivity index (χ3n) is 2.64. The van der Waals surface area contributed by atoms with Crippen LogP contribution in [-0.2, 0) is 4.79 Å². The third kappa shape index (κ3) is 4.58. The van der Waals surface area contributed by atoms with Crippen molar-refractivity contribution in [2.75, 3.05) is 32.8 Å². The Morgan fingerprint density at radius 3 is 2.76 bits per heavy atom. The van der Waals surface area contributed by atoms with E-state index in [9.17, 15) is 9.59 Å². The molecular weight excluding hydrogens is 226 g/mol. The van der Waals surface area contributed by atoms with Gasteiger partial charge in [-0.05, 0) is 13.0 Å². The van der Waals surface area contributed by atoms with Gasteiger partial charge in [-0.3, -0.25) is 0 Å². The van der Waals surface area contributed by atoms with Crippen LogP contribution in [0.5, 0.6) is 0 Å². The Kier molecular flexibility index (Phi) is 5.71. The third-order valence-corrected chi connectivity index (χ3v) is 2.64. The predicted octanol–water partition coefficient (Wildman–Crippen LogP) is -1.17. The SMILES string of the molecule is O=C(O)C(CCO)NC(=O)N1CCCNCC1. The second kappa shape index (κ2) is 7.08. The number of rotatable bonds is 4. The van der Waals surface area contributed by atoms with Gasteiger partial charge >= 0.3 is 12.0 Å². The van der Waals surface area contributed by atoms with Crippen LogP contribution in [0, 0.1) is 0 Å². The molecule has 1 saturated heterocycles. The molecule has 1 rings (SSSR count). The van der Waals surface area contributed by atoms with Gasteiger partial charge in [0, 0.05) is 32.7 Å². The van der Waals surface area contributed by atoms with Gasteiger partial charge in [-0.15, -0.1) is 0 Å². The molecule has 0 aromatic rings. The summed E-state index contributed by atoms with van der Waals surface area (Å²) >= 11 is 0. The fourth-order valence-electron chi connectivity index (χ4n) is 1.68. The average molecular weight is 245 g/mol. The smallest absolute Gasteiger partial charge is 0.326 e. The van der Waals surface area contributed by atoms with E-state index in [1.807, 2.05) is 0 Å². The summed E-state index contributed by atoms with van der Waals surface area (Å²) in [4.78, 5) is 24.2. The quantitative estimate of drug-likeness (QED) is 0.500. The van der Waals surface area contributed by atoms with Gasteiger partial charge in [0.05, 0.1) is 0 Å². The number of hydrogen-bond donors (Lipinski definition) is 4. The standard InChI is InChI=1S/C10H19N3O4/c14-7-2-8(9(15)16)12-10(17)13-5-1-3-11-4-6-13/h8,11,14H,1-7H2,(H,12,17)(H,15,16). The molecule has 17 heavy (non-hydrogen) atoms. The summed E-state index contributed by atoms with van der Waals surface area (Å²) in [7, 11) is 0. The Labute approximate surface area is 99.8 Å². The molecule has 1 heterocycles. The van der Waals surface area contributed by atoms with Crippen molar-refractivity contribution in [3.8, 4) is 0 Å². The molecule has 2 amide bonds. The van der Waals surface area contributed by atoms with Crippen molar-refractivity contribution >= 4 is 12.0 Å². The van der Waals surface area contributed by atoms with Crippen LogP contribution in [0.15, 0.2) is 0 Å². The highest BCUT2D eigenvalue weighted by Crippen LogP contribution is 1.99. The first-order valence-corrected chi connectivity index (χ1v) is 5.75. The first kappa shape index (κ1) is 13.7. The minimum Gasteiger partial charge on any atom is -0.480 e. The molecule has 7 nitrogen and oxygen atoms in total. The summed E-state index contributed by atoms with van der Waals surface area (Å²) in [6.45, 7) is 2.49. The molecule has 0 aromatic heterocycles. The fraction of sp³-hybridized carbons (Fsp3) is 0.800. The average Bonchev–Trinajstić information content (AvgIpc) is 2.56. The molecular formula is C10H19N3O4. The summed E-state index contributed by atoms with van der Waals surface area (Å²) in [5.74, 6) is -1.12. The zero-order valence-electron chi connectivity index (χ0n) is 9.69. The van der Waals surface area contributed by atoms with E-state index >= 15 is 0 Å². The van der Waals surface area contributed by atoms with Crippen LogP contribution in [-0.4, -0.2) is 65.9 Å². The van der Waals surface area contributed by atoms with Gasteiger partial charge in [0.25, 0.3) is 0 Å². The number of carboxylic acid groups (broad SMARTS) is 1. The molecule has 1 atom stereocenters. The van der Waals surface area contributed by atoms with Crippen LogP contribution in [0.2, 0.25) is 0 Å². The van der Waals surface area contributed by atoms with Crippen LogP contribution in [0.25, 0.3) is 0 Å². The molecule has 0 saturated carbocycles. The minimum absolute atomic E-state index is 0.0210. The topological polar surface area (TPSA) is 102 Å². The maximum absolute atomic E-state index is 11.8. The molecule has 0 bridgehead atoms. The van der Waals surface area contributed by atoms with Crippen molar-refractivity contribution < 1.29 is 19.8 Å². The fourth-order valence-corrected chi connectivity index (χ4v) is 1.68. The number of aliphatic hydroxyl groups excluding tert-OH is 1. The molecule has 0 aromatic carbocycles. The minimum atomic E-state index is -1.12. The molecule has 1 fully saturated rings. The molecule has 1 aliphatic heterocycles. The first-order valence-electron chi connectivity index (χ1n) is 5.75. The monoisotopic (exact) mass is 245 g/mol. The Morgan fingerprint density at radius 1 is 1.35 bits per heavy atom. The zero-order chi connectivity index (χ0) is 12.7. The molecule has 98 valence electrons. The van der Waals surface area contributed by atoms with Crippen molar-refractivity contribution in [3.05, 3.63) is 0 Å². The number of carbonyl (C=O) groups is 2. The van der Waals surface area contributed by atoms with Gasteiger partial charge < -0.3 is 25.7 Å². The second-order valence-electron chi connectivity index (χ2n) is 3.94. The highest BCUT2D eigenvalue weighted by Gasteiger charge is 2.22. The second-order valence-corrected chi connectivity index (χ2v) is 3.94. The lowest BCUT2D eigenvalue weighted by Gasteiger charge is -2.23. The highest BCUT2D eigenvalue weighted by molar-refractivity contribution is 5.82. The van der Waals surface area contributed by atoms with Crippen molar-refractivity contribution in [3.63, 3.8) is 0 Å². The van der Waals surface area contributed by atoms with E-state index < -0.39 is 12.0 Å². The molecule has 0 radical (unpaired) electrons. The summed E-state index contributed by atoms with van der Waals surface area (Å²) in [6.07, 6.45) is 0.873. The van der Waals surface area contributed by atoms with Crippen molar-refractivity contribution in [1.29, 1.82) is 0 Å². The zero-order valence-corrected chi connectivity index (χ0v) is 9.69. The maximum atomic E-state index is 11.8. The van der Waals surface area contributed by atoms with E-state index in [1.54, 1.807) is 4.90 Å². The molecule has 0 spiro atoms. The van der Waals surface area contributed by atoms with Crippen molar-refractivity contribution in [2.24, 2.45) is 0 Å².